The molecule has 0 saturated carbocycles. The van der Waals surface area contributed by atoms with E-state index in [-0.39, 0.29) is 6.04 Å². The smallest absolute Gasteiger partial charge is 0.326 e. The molecule has 8 heteroatoms. The lowest BCUT2D eigenvalue weighted by Gasteiger charge is -2.18. The third-order valence-electron chi connectivity index (χ3n) is 2.18. The van der Waals surface area contributed by atoms with Crippen LogP contribution in [0.5, 0.6) is 0 Å². The minimum Gasteiger partial charge on any atom is -0.481 e. The van der Waals surface area contributed by atoms with Gasteiger partial charge in [-0.1, -0.05) is 6.92 Å². The molecule has 0 saturated heterocycles. The van der Waals surface area contributed by atoms with Gasteiger partial charge < -0.3 is 25.6 Å². The number of rotatable bonds is 8. The van der Waals surface area contributed by atoms with Gasteiger partial charge in [-0.25, -0.2) is 9.59 Å². The third-order valence-corrected chi connectivity index (χ3v) is 2.18. The number of hydrogen-bond acceptors (Lipinski definition) is 4. The zero-order chi connectivity index (χ0) is 14.1. The highest BCUT2D eigenvalue weighted by atomic mass is 16.5. The minimum atomic E-state index is -1.46. The summed E-state index contributed by atoms with van der Waals surface area (Å²) < 4.78 is 4.86. The monoisotopic (exact) mass is 262 g/mol. The molecule has 0 aliphatic rings. The molecule has 104 valence electrons. The highest BCUT2D eigenvalue weighted by Crippen LogP contribution is 1.95. The topological polar surface area (TPSA) is 125 Å². The number of amides is 2. The van der Waals surface area contributed by atoms with Gasteiger partial charge in [0.05, 0.1) is 19.1 Å². The van der Waals surface area contributed by atoms with E-state index in [4.69, 9.17) is 14.9 Å². The molecular formula is C10H18N2O6. The van der Waals surface area contributed by atoms with Gasteiger partial charge >= 0.3 is 18.0 Å². The van der Waals surface area contributed by atoms with Gasteiger partial charge in [-0.15, -0.1) is 0 Å². The number of aliphatic carboxylic acids is 2. The number of hydrogen-bond donors (Lipinski definition) is 4. The van der Waals surface area contributed by atoms with Crippen molar-refractivity contribution in [3.8, 4) is 0 Å². The molecular weight excluding hydrogens is 244 g/mol. The number of carboxylic acid groups (broad SMARTS) is 2. The van der Waals surface area contributed by atoms with Crippen molar-refractivity contribution in [2.24, 2.45) is 0 Å². The summed E-state index contributed by atoms with van der Waals surface area (Å²) in [5.74, 6) is -2.70. The van der Waals surface area contributed by atoms with Crippen LogP contribution in [0.25, 0.3) is 0 Å². The Morgan fingerprint density at radius 1 is 1.22 bits per heavy atom. The number of urea groups is 1. The van der Waals surface area contributed by atoms with Gasteiger partial charge in [0.1, 0.15) is 6.04 Å². The van der Waals surface area contributed by atoms with Crippen LogP contribution < -0.4 is 10.6 Å². The zero-order valence-electron chi connectivity index (χ0n) is 10.3. The van der Waals surface area contributed by atoms with Crippen molar-refractivity contribution < 1.29 is 29.3 Å². The molecule has 0 aromatic rings. The molecule has 0 fully saturated rings. The second kappa shape index (κ2) is 8.29. The molecule has 2 amide bonds. The van der Waals surface area contributed by atoms with E-state index in [1.165, 1.54) is 7.11 Å². The number of methoxy groups -OCH3 is 1. The summed E-state index contributed by atoms with van der Waals surface area (Å²) in [6.45, 7) is 2.12. The summed E-state index contributed by atoms with van der Waals surface area (Å²) in [5.41, 5.74) is 0. The molecule has 8 nitrogen and oxygen atoms in total. The molecule has 0 aromatic carbocycles. The first-order valence-electron chi connectivity index (χ1n) is 5.41. The second-order valence-corrected chi connectivity index (χ2v) is 3.67. The Kier molecular flexibility index (Phi) is 7.45. The lowest BCUT2D eigenvalue weighted by atomic mass is 10.2. The standard InChI is InChI=1S/C10H18N2O6/c1-3-6(5-18-2)11-10(17)12-7(9(15)16)4-8(13)14/h6-7H,3-5H2,1-2H3,(H,13,14)(H,15,16)(H2,11,12,17)/t6?,7-/m1/s1. The fraction of sp³-hybridized carbons (Fsp3) is 0.700. The Bertz CT molecular complexity index is 307. The van der Waals surface area contributed by atoms with E-state index in [2.05, 4.69) is 10.6 Å². The molecule has 0 spiro atoms. The van der Waals surface area contributed by atoms with Gasteiger partial charge in [0, 0.05) is 7.11 Å². The lowest BCUT2D eigenvalue weighted by molar-refractivity contribution is -0.145. The van der Waals surface area contributed by atoms with Crippen molar-refractivity contribution in [2.75, 3.05) is 13.7 Å². The maximum Gasteiger partial charge on any atom is 0.326 e. The van der Waals surface area contributed by atoms with E-state index in [1.54, 1.807) is 0 Å². The Hall–Kier alpha value is -1.83. The van der Waals surface area contributed by atoms with Crippen LogP contribution >= 0.6 is 0 Å². The van der Waals surface area contributed by atoms with E-state index in [0.717, 1.165) is 0 Å². The van der Waals surface area contributed by atoms with Gasteiger partial charge in [0.2, 0.25) is 0 Å². The van der Waals surface area contributed by atoms with Crippen LogP contribution in [0, 0.1) is 0 Å². The molecule has 0 bridgehead atoms. The maximum absolute atomic E-state index is 11.4. The van der Waals surface area contributed by atoms with Gasteiger partial charge in [-0.05, 0) is 6.42 Å². The van der Waals surface area contributed by atoms with Gasteiger partial charge in [0.15, 0.2) is 0 Å². The number of carbonyl (C=O) groups excluding carboxylic acids is 1. The summed E-state index contributed by atoms with van der Waals surface area (Å²) in [4.78, 5) is 32.6. The largest absolute Gasteiger partial charge is 0.481 e. The fourth-order valence-electron chi connectivity index (χ4n) is 1.22. The molecule has 2 atom stereocenters. The Morgan fingerprint density at radius 2 is 1.83 bits per heavy atom. The van der Waals surface area contributed by atoms with Crippen LogP contribution in [-0.4, -0.2) is 54.0 Å². The van der Waals surface area contributed by atoms with E-state index in [1.807, 2.05) is 6.92 Å². The van der Waals surface area contributed by atoms with Gasteiger partial charge in [-0.2, -0.15) is 0 Å². The second-order valence-electron chi connectivity index (χ2n) is 3.67. The first kappa shape index (κ1) is 16.2. The van der Waals surface area contributed by atoms with Crippen molar-refractivity contribution >= 4 is 18.0 Å². The Labute approximate surface area is 104 Å². The number of carbonyl (C=O) groups is 3. The Morgan fingerprint density at radius 3 is 2.22 bits per heavy atom. The molecule has 0 aliphatic heterocycles. The van der Waals surface area contributed by atoms with Crippen molar-refractivity contribution in [1.29, 1.82) is 0 Å². The third kappa shape index (κ3) is 6.69. The van der Waals surface area contributed by atoms with E-state index in [9.17, 15) is 14.4 Å². The van der Waals surface area contributed by atoms with E-state index < -0.39 is 30.4 Å². The van der Waals surface area contributed by atoms with Crippen molar-refractivity contribution in [3.63, 3.8) is 0 Å². The molecule has 0 rings (SSSR count). The van der Waals surface area contributed by atoms with Crippen molar-refractivity contribution in [2.45, 2.75) is 31.8 Å². The number of nitrogens with one attached hydrogen (secondary N) is 2. The van der Waals surface area contributed by atoms with E-state index >= 15 is 0 Å². The minimum absolute atomic E-state index is 0.255. The molecule has 0 aliphatic carbocycles. The van der Waals surface area contributed by atoms with Gasteiger partial charge in [0.25, 0.3) is 0 Å². The summed E-state index contributed by atoms with van der Waals surface area (Å²) in [7, 11) is 1.48. The summed E-state index contributed by atoms with van der Waals surface area (Å²) in [6.07, 6.45) is -0.0677. The summed E-state index contributed by atoms with van der Waals surface area (Å²) in [5, 5.41) is 21.8. The molecule has 4 N–H and O–H groups in total. The average molecular weight is 262 g/mol. The molecule has 0 aromatic heterocycles. The highest BCUT2D eigenvalue weighted by molar-refractivity contribution is 5.86. The quantitative estimate of drug-likeness (QED) is 0.473. The van der Waals surface area contributed by atoms with Crippen LogP contribution in [0.4, 0.5) is 4.79 Å². The van der Waals surface area contributed by atoms with Crippen LogP contribution in [0.2, 0.25) is 0 Å². The van der Waals surface area contributed by atoms with Crippen LogP contribution in [0.1, 0.15) is 19.8 Å². The van der Waals surface area contributed by atoms with Crippen LogP contribution in [0.3, 0.4) is 0 Å². The predicted molar refractivity (Wildman–Crippen MR) is 61.3 cm³/mol. The lowest BCUT2D eigenvalue weighted by Crippen LogP contribution is -2.50. The number of carboxylic acids is 2. The molecule has 0 heterocycles. The SMILES string of the molecule is CCC(COC)NC(=O)N[C@H](CC(=O)O)C(=O)O. The normalized spacial score (nSPS) is 13.4. The predicted octanol–water partition coefficient (Wildman–Crippen LogP) is -0.361. The number of ether oxygens (including phenoxy) is 1. The zero-order valence-corrected chi connectivity index (χ0v) is 10.3. The van der Waals surface area contributed by atoms with Crippen molar-refractivity contribution in [1.82, 2.24) is 10.6 Å². The highest BCUT2D eigenvalue weighted by Gasteiger charge is 2.23. The van der Waals surface area contributed by atoms with Crippen LogP contribution in [-0.2, 0) is 14.3 Å². The maximum atomic E-state index is 11.4. The fourth-order valence-corrected chi connectivity index (χ4v) is 1.22. The summed E-state index contributed by atoms with van der Waals surface area (Å²) >= 11 is 0. The van der Waals surface area contributed by atoms with Crippen LogP contribution in [0.15, 0.2) is 0 Å². The summed E-state index contributed by atoms with van der Waals surface area (Å²) in [6, 6.07) is -2.44. The van der Waals surface area contributed by atoms with Crippen molar-refractivity contribution in [3.05, 3.63) is 0 Å². The Balaban J connectivity index is 4.32. The van der Waals surface area contributed by atoms with Gasteiger partial charge in [-0.3, -0.25) is 4.79 Å². The average Bonchev–Trinajstić information content (AvgIpc) is 2.26. The first-order valence-corrected chi connectivity index (χ1v) is 5.41. The molecule has 1 unspecified atom stereocenters. The first-order chi connectivity index (χ1) is 8.40. The molecule has 0 radical (unpaired) electrons. The van der Waals surface area contributed by atoms with E-state index in [0.29, 0.717) is 13.0 Å². The molecule has 18 heavy (non-hydrogen) atoms.